The first kappa shape index (κ1) is 18.4. The van der Waals surface area contributed by atoms with Crippen LogP contribution in [0, 0.1) is 6.92 Å². The van der Waals surface area contributed by atoms with Crippen molar-refractivity contribution >= 4 is 29.0 Å². The zero-order valence-electron chi connectivity index (χ0n) is 15.2. The van der Waals surface area contributed by atoms with Crippen molar-refractivity contribution in [2.45, 2.75) is 39.2 Å². The highest BCUT2D eigenvalue weighted by Gasteiger charge is 2.20. The highest BCUT2D eigenvalue weighted by atomic mass is 32.1. The fourth-order valence-corrected chi connectivity index (χ4v) is 3.62. The van der Waals surface area contributed by atoms with Crippen molar-refractivity contribution in [2.75, 3.05) is 11.9 Å². The SMILES string of the molecule is CCOC(=O)c1ccc(NC(=S)N[C@@H]2CCCc3ccccc32)c(C)c1. The van der Waals surface area contributed by atoms with E-state index in [1.807, 2.05) is 19.1 Å². The number of benzene rings is 2. The molecule has 1 atom stereocenters. The lowest BCUT2D eigenvalue weighted by Crippen LogP contribution is -2.34. The third kappa shape index (κ3) is 4.22. The van der Waals surface area contributed by atoms with Crippen molar-refractivity contribution in [2.24, 2.45) is 0 Å². The predicted molar refractivity (Wildman–Crippen MR) is 109 cm³/mol. The van der Waals surface area contributed by atoms with Crippen LogP contribution in [0.5, 0.6) is 0 Å². The molecular weight excluding hydrogens is 344 g/mol. The molecule has 5 heteroatoms. The molecule has 0 heterocycles. The molecule has 0 radical (unpaired) electrons. The molecule has 0 spiro atoms. The summed E-state index contributed by atoms with van der Waals surface area (Å²) in [4.78, 5) is 11.8. The van der Waals surface area contributed by atoms with Crippen molar-refractivity contribution < 1.29 is 9.53 Å². The van der Waals surface area contributed by atoms with Gasteiger partial charge >= 0.3 is 5.97 Å². The minimum Gasteiger partial charge on any atom is -0.462 e. The van der Waals surface area contributed by atoms with Gasteiger partial charge in [0.25, 0.3) is 0 Å². The van der Waals surface area contributed by atoms with E-state index in [0.717, 1.165) is 30.5 Å². The Balaban J connectivity index is 1.67. The number of carbonyl (C=O) groups excluding carboxylic acids is 1. The Labute approximate surface area is 160 Å². The molecule has 0 saturated heterocycles. The largest absolute Gasteiger partial charge is 0.462 e. The lowest BCUT2D eigenvalue weighted by molar-refractivity contribution is 0.0526. The summed E-state index contributed by atoms with van der Waals surface area (Å²) in [6.45, 7) is 4.12. The number of aryl methyl sites for hydroxylation is 2. The number of rotatable bonds is 4. The summed E-state index contributed by atoms with van der Waals surface area (Å²) in [5, 5.41) is 7.29. The smallest absolute Gasteiger partial charge is 0.338 e. The molecular formula is C21H24N2O2S. The van der Waals surface area contributed by atoms with E-state index in [2.05, 4.69) is 34.9 Å². The molecule has 0 unspecified atom stereocenters. The van der Waals surface area contributed by atoms with Gasteiger partial charge in [-0.2, -0.15) is 0 Å². The highest BCUT2D eigenvalue weighted by Crippen LogP contribution is 2.29. The second kappa shape index (κ2) is 8.32. The van der Waals surface area contributed by atoms with Crippen molar-refractivity contribution in [1.82, 2.24) is 5.32 Å². The Bertz CT molecular complexity index is 819. The summed E-state index contributed by atoms with van der Waals surface area (Å²) < 4.78 is 5.04. The van der Waals surface area contributed by atoms with Crippen molar-refractivity contribution in [3.63, 3.8) is 0 Å². The van der Waals surface area contributed by atoms with Crippen LogP contribution in [0.1, 0.15) is 52.9 Å². The fraction of sp³-hybridized carbons (Fsp3) is 0.333. The lowest BCUT2D eigenvalue weighted by atomic mass is 9.88. The molecule has 136 valence electrons. The van der Waals surface area contributed by atoms with Gasteiger partial charge in [0.15, 0.2) is 5.11 Å². The molecule has 0 amide bonds. The minimum atomic E-state index is -0.304. The van der Waals surface area contributed by atoms with Crippen LogP contribution in [0.3, 0.4) is 0 Å². The number of esters is 1. The minimum absolute atomic E-state index is 0.235. The third-order valence-electron chi connectivity index (χ3n) is 4.66. The maximum atomic E-state index is 11.8. The Hall–Kier alpha value is -2.40. The van der Waals surface area contributed by atoms with Crippen LogP contribution in [0.2, 0.25) is 0 Å². The zero-order chi connectivity index (χ0) is 18.5. The number of thiocarbonyl (C=S) groups is 1. The molecule has 2 aromatic rings. The number of ether oxygens (including phenoxy) is 1. The Kier molecular flexibility index (Phi) is 5.89. The normalized spacial score (nSPS) is 15.7. The maximum Gasteiger partial charge on any atom is 0.338 e. The molecule has 3 rings (SSSR count). The van der Waals surface area contributed by atoms with E-state index in [4.69, 9.17) is 17.0 Å². The molecule has 1 aliphatic carbocycles. The fourth-order valence-electron chi connectivity index (χ4n) is 3.37. The van der Waals surface area contributed by atoms with Crippen molar-refractivity contribution in [1.29, 1.82) is 0 Å². The number of carbonyl (C=O) groups is 1. The predicted octanol–water partition coefficient (Wildman–Crippen LogP) is 4.54. The zero-order valence-corrected chi connectivity index (χ0v) is 16.0. The number of nitrogens with one attached hydrogen (secondary N) is 2. The summed E-state index contributed by atoms with van der Waals surface area (Å²) >= 11 is 5.52. The number of fused-ring (bicyclic) bond motifs is 1. The third-order valence-corrected chi connectivity index (χ3v) is 4.88. The Morgan fingerprint density at radius 3 is 2.85 bits per heavy atom. The lowest BCUT2D eigenvalue weighted by Gasteiger charge is -2.27. The van der Waals surface area contributed by atoms with Crippen LogP contribution in [0.4, 0.5) is 5.69 Å². The van der Waals surface area contributed by atoms with Crippen LogP contribution >= 0.6 is 12.2 Å². The molecule has 0 aromatic heterocycles. The number of hydrogen-bond donors (Lipinski definition) is 2. The van der Waals surface area contributed by atoms with Crippen molar-refractivity contribution in [3.05, 3.63) is 64.7 Å². The first-order valence-corrected chi connectivity index (χ1v) is 9.42. The monoisotopic (exact) mass is 368 g/mol. The molecule has 0 aliphatic heterocycles. The van der Waals surface area contributed by atoms with Crippen LogP contribution < -0.4 is 10.6 Å². The van der Waals surface area contributed by atoms with Gasteiger partial charge in [0.2, 0.25) is 0 Å². The van der Waals surface area contributed by atoms with Gasteiger partial charge in [0.1, 0.15) is 0 Å². The van der Waals surface area contributed by atoms with Gasteiger partial charge < -0.3 is 15.4 Å². The molecule has 4 nitrogen and oxygen atoms in total. The molecule has 0 fully saturated rings. The number of hydrogen-bond acceptors (Lipinski definition) is 3. The van der Waals surface area contributed by atoms with Gasteiger partial charge in [0.05, 0.1) is 18.2 Å². The molecule has 26 heavy (non-hydrogen) atoms. The van der Waals surface area contributed by atoms with Gasteiger partial charge in [-0.3, -0.25) is 0 Å². The standard InChI is InChI=1S/C21H24N2O2S/c1-3-25-20(24)16-11-12-18(14(2)13-16)22-21(26)23-19-10-6-8-15-7-4-5-9-17(15)19/h4-5,7,9,11-13,19H,3,6,8,10H2,1-2H3,(H2,22,23,26)/t19-/m1/s1. The van der Waals surface area contributed by atoms with E-state index in [0.29, 0.717) is 17.3 Å². The van der Waals surface area contributed by atoms with Gasteiger partial charge in [-0.25, -0.2) is 4.79 Å². The molecule has 2 N–H and O–H groups in total. The van der Waals surface area contributed by atoms with E-state index in [1.54, 1.807) is 13.0 Å². The summed E-state index contributed by atoms with van der Waals surface area (Å²) in [5.41, 5.74) is 5.12. The molecule has 1 aliphatic rings. The molecule has 0 saturated carbocycles. The topological polar surface area (TPSA) is 50.4 Å². The summed E-state index contributed by atoms with van der Waals surface area (Å²) in [6.07, 6.45) is 3.35. The first-order valence-electron chi connectivity index (χ1n) is 9.01. The first-order chi connectivity index (χ1) is 12.6. The molecule has 0 bridgehead atoms. The maximum absolute atomic E-state index is 11.8. The van der Waals surface area contributed by atoms with E-state index in [1.165, 1.54) is 11.1 Å². The summed E-state index contributed by atoms with van der Waals surface area (Å²) in [5.74, 6) is -0.304. The quantitative estimate of drug-likeness (QED) is 0.613. The van der Waals surface area contributed by atoms with Crippen molar-refractivity contribution in [3.8, 4) is 0 Å². The van der Waals surface area contributed by atoms with E-state index in [-0.39, 0.29) is 12.0 Å². The van der Waals surface area contributed by atoms with E-state index >= 15 is 0 Å². The second-order valence-electron chi connectivity index (χ2n) is 6.49. The Morgan fingerprint density at radius 1 is 1.27 bits per heavy atom. The summed E-state index contributed by atoms with van der Waals surface area (Å²) in [6, 6.07) is 14.2. The van der Waals surface area contributed by atoms with Crippen LogP contribution in [0.25, 0.3) is 0 Å². The van der Waals surface area contributed by atoms with Gasteiger partial charge in [-0.1, -0.05) is 24.3 Å². The second-order valence-corrected chi connectivity index (χ2v) is 6.90. The van der Waals surface area contributed by atoms with E-state index < -0.39 is 0 Å². The van der Waals surface area contributed by atoms with Gasteiger partial charge in [-0.15, -0.1) is 0 Å². The van der Waals surface area contributed by atoms with Gasteiger partial charge in [-0.05, 0) is 80.2 Å². The average Bonchev–Trinajstić information content (AvgIpc) is 2.64. The number of anilines is 1. The van der Waals surface area contributed by atoms with Crippen LogP contribution in [-0.2, 0) is 11.2 Å². The van der Waals surface area contributed by atoms with E-state index in [9.17, 15) is 4.79 Å². The van der Waals surface area contributed by atoms with Crippen LogP contribution in [-0.4, -0.2) is 17.7 Å². The average molecular weight is 369 g/mol. The molecule has 2 aromatic carbocycles. The van der Waals surface area contributed by atoms with Gasteiger partial charge in [0, 0.05) is 5.69 Å². The Morgan fingerprint density at radius 2 is 2.08 bits per heavy atom. The highest BCUT2D eigenvalue weighted by molar-refractivity contribution is 7.80. The van der Waals surface area contributed by atoms with Crippen LogP contribution in [0.15, 0.2) is 42.5 Å². The summed E-state index contributed by atoms with van der Waals surface area (Å²) in [7, 11) is 0.